The Hall–Kier alpha value is -1.63. The average molecular weight is 295 g/mol. The predicted octanol–water partition coefficient (Wildman–Crippen LogP) is 6.31. The van der Waals surface area contributed by atoms with Gasteiger partial charge in [0, 0.05) is 12.4 Å². The summed E-state index contributed by atoms with van der Waals surface area (Å²) in [5.74, 6) is 0.545. The minimum Gasteiger partial charge on any atom is -0.264 e. The largest absolute Gasteiger partial charge is 0.264 e. The number of hydrogen-bond donors (Lipinski definition) is 0. The third-order valence-corrected chi connectivity index (χ3v) is 4.15. The number of nitrogens with zero attached hydrogens (tertiary/aromatic N) is 1. The fraction of sp³-hybridized carbons (Fsp3) is 0.476. The van der Waals surface area contributed by atoms with E-state index >= 15 is 0 Å². The molecule has 1 nitrogen and oxygen atoms in total. The monoisotopic (exact) mass is 295 g/mol. The Bertz CT molecular complexity index is 600. The van der Waals surface area contributed by atoms with Gasteiger partial charge in [-0.05, 0) is 45.9 Å². The van der Waals surface area contributed by atoms with Gasteiger partial charge in [-0.15, -0.1) is 0 Å². The molecule has 0 aliphatic carbocycles. The summed E-state index contributed by atoms with van der Waals surface area (Å²) in [6.07, 6.45) is 4.95. The smallest absolute Gasteiger partial charge is 0.0346 e. The Morgan fingerprint density at radius 2 is 1.59 bits per heavy atom. The Morgan fingerprint density at radius 1 is 0.909 bits per heavy atom. The molecular formula is C21H29N. The number of pyridine rings is 1. The van der Waals surface area contributed by atoms with Gasteiger partial charge in [-0.1, -0.05) is 71.9 Å². The van der Waals surface area contributed by atoms with Gasteiger partial charge in [0.05, 0.1) is 0 Å². The molecule has 2 rings (SSSR count). The van der Waals surface area contributed by atoms with Crippen molar-refractivity contribution in [3.05, 3.63) is 54.4 Å². The van der Waals surface area contributed by atoms with Gasteiger partial charge in [0.1, 0.15) is 0 Å². The molecule has 1 heteroatoms. The van der Waals surface area contributed by atoms with Crippen molar-refractivity contribution in [2.75, 3.05) is 0 Å². The van der Waals surface area contributed by atoms with Gasteiger partial charge in [0.25, 0.3) is 0 Å². The number of hydrogen-bond acceptors (Lipinski definition) is 1. The lowest BCUT2D eigenvalue weighted by molar-refractivity contribution is 0.229. The van der Waals surface area contributed by atoms with Crippen LogP contribution in [0.2, 0.25) is 0 Å². The molecule has 1 aromatic heterocycles. The van der Waals surface area contributed by atoms with Crippen molar-refractivity contribution >= 4 is 0 Å². The van der Waals surface area contributed by atoms with E-state index in [4.69, 9.17) is 0 Å². The highest BCUT2D eigenvalue weighted by molar-refractivity contribution is 5.63. The summed E-state index contributed by atoms with van der Waals surface area (Å²) in [6, 6.07) is 13.1. The second-order valence-corrected chi connectivity index (χ2v) is 8.55. The van der Waals surface area contributed by atoms with Gasteiger partial charge in [-0.3, -0.25) is 4.98 Å². The van der Waals surface area contributed by atoms with E-state index in [1.54, 1.807) is 0 Å². The number of rotatable bonds is 3. The van der Waals surface area contributed by atoms with E-state index in [2.05, 4.69) is 76.9 Å². The summed E-state index contributed by atoms with van der Waals surface area (Å²) in [5.41, 5.74) is 4.45. The van der Waals surface area contributed by atoms with E-state index in [1.807, 2.05) is 18.5 Å². The molecular weight excluding hydrogens is 266 g/mol. The van der Waals surface area contributed by atoms with Crippen molar-refractivity contribution < 1.29 is 0 Å². The van der Waals surface area contributed by atoms with Crippen LogP contribution in [-0.2, 0) is 0 Å². The SMILES string of the molecule is CC(C)(C)CC(c1cccc(-c2cccnc2)c1)C(C)(C)C. The average Bonchev–Trinajstić information content (AvgIpc) is 2.44. The van der Waals surface area contributed by atoms with Crippen molar-refractivity contribution in [2.24, 2.45) is 10.8 Å². The zero-order valence-electron chi connectivity index (χ0n) is 14.9. The third kappa shape index (κ3) is 4.43. The van der Waals surface area contributed by atoms with Gasteiger partial charge < -0.3 is 0 Å². The molecule has 118 valence electrons. The first-order valence-corrected chi connectivity index (χ1v) is 8.17. The highest BCUT2D eigenvalue weighted by Gasteiger charge is 2.30. The third-order valence-electron chi connectivity index (χ3n) is 4.15. The minimum atomic E-state index is 0.251. The molecule has 0 N–H and O–H groups in total. The van der Waals surface area contributed by atoms with E-state index in [0.29, 0.717) is 11.3 Å². The predicted molar refractivity (Wildman–Crippen MR) is 95.9 cm³/mol. The lowest BCUT2D eigenvalue weighted by Crippen LogP contribution is -2.23. The summed E-state index contributed by atoms with van der Waals surface area (Å²) >= 11 is 0. The molecule has 0 spiro atoms. The van der Waals surface area contributed by atoms with Crippen LogP contribution in [-0.4, -0.2) is 4.98 Å². The van der Waals surface area contributed by atoms with Crippen LogP contribution in [0.3, 0.4) is 0 Å². The second kappa shape index (κ2) is 6.24. The maximum absolute atomic E-state index is 4.24. The first kappa shape index (κ1) is 16.7. The molecule has 1 unspecified atom stereocenters. The number of benzene rings is 1. The van der Waals surface area contributed by atoms with Crippen molar-refractivity contribution in [1.82, 2.24) is 4.98 Å². The fourth-order valence-electron chi connectivity index (χ4n) is 3.00. The number of aromatic nitrogens is 1. The van der Waals surface area contributed by atoms with Gasteiger partial charge in [0.15, 0.2) is 0 Å². The van der Waals surface area contributed by atoms with Crippen molar-refractivity contribution in [3.63, 3.8) is 0 Å². The summed E-state index contributed by atoms with van der Waals surface area (Å²) in [6.45, 7) is 14.0. The second-order valence-electron chi connectivity index (χ2n) is 8.55. The van der Waals surface area contributed by atoms with Crippen molar-refractivity contribution in [2.45, 2.75) is 53.9 Å². The van der Waals surface area contributed by atoms with Crippen LogP contribution >= 0.6 is 0 Å². The summed E-state index contributed by atoms with van der Waals surface area (Å²) in [5, 5.41) is 0. The van der Waals surface area contributed by atoms with Crippen LogP contribution < -0.4 is 0 Å². The van der Waals surface area contributed by atoms with Gasteiger partial charge in [0.2, 0.25) is 0 Å². The van der Waals surface area contributed by atoms with E-state index in [9.17, 15) is 0 Å². The molecule has 2 aromatic rings. The highest BCUT2D eigenvalue weighted by atomic mass is 14.6. The van der Waals surface area contributed by atoms with Gasteiger partial charge >= 0.3 is 0 Å². The Balaban J connectivity index is 2.41. The first-order chi connectivity index (χ1) is 10.2. The zero-order chi connectivity index (χ0) is 16.4. The van der Waals surface area contributed by atoms with Gasteiger partial charge in [-0.25, -0.2) is 0 Å². The molecule has 0 aliphatic heterocycles. The Morgan fingerprint density at radius 3 is 2.14 bits per heavy atom. The lowest BCUT2D eigenvalue weighted by Gasteiger charge is -2.36. The molecule has 0 radical (unpaired) electrons. The quantitative estimate of drug-likeness (QED) is 0.646. The summed E-state index contributed by atoms with van der Waals surface area (Å²) in [4.78, 5) is 4.24. The van der Waals surface area contributed by atoms with E-state index in [1.165, 1.54) is 23.1 Å². The van der Waals surface area contributed by atoms with Crippen LogP contribution in [0, 0.1) is 10.8 Å². The molecule has 0 saturated carbocycles. The molecule has 1 atom stereocenters. The van der Waals surface area contributed by atoms with Crippen LogP contribution in [0.4, 0.5) is 0 Å². The van der Waals surface area contributed by atoms with E-state index in [0.717, 1.165) is 0 Å². The van der Waals surface area contributed by atoms with Crippen LogP contribution in [0.5, 0.6) is 0 Å². The Labute approximate surface area is 135 Å². The summed E-state index contributed by atoms with van der Waals surface area (Å²) < 4.78 is 0. The minimum absolute atomic E-state index is 0.251. The molecule has 0 amide bonds. The molecule has 0 bridgehead atoms. The standard InChI is InChI=1S/C21H29N/c1-20(2,3)14-19(21(4,5)6)17-10-7-9-16(13-17)18-11-8-12-22-15-18/h7-13,15,19H,14H2,1-6H3. The fourth-order valence-corrected chi connectivity index (χ4v) is 3.00. The molecule has 0 fully saturated rings. The maximum atomic E-state index is 4.24. The van der Waals surface area contributed by atoms with Crippen LogP contribution in [0.25, 0.3) is 11.1 Å². The molecule has 0 saturated heterocycles. The first-order valence-electron chi connectivity index (χ1n) is 8.17. The van der Waals surface area contributed by atoms with Gasteiger partial charge in [-0.2, -0.15) is 0 Å². The Kier molecular flexibility index (Phi) is 4.75. The highest BCUT2D eigenvalue weighted by Crippen LogP contribution is 2.43. The normalized spacial score (nSPS) is 13.9. The maximum Gasteiger partial charge on any atom is 0.0346 e. The molecule has 0 aliphatic rings. The van der Waals surface area contributed by atoms with E-state index < -0.39 is 0 Å². The lowest BCUT2D eigenvalue weighted by atomic mass is 9.69. The summed E-state index contributed by atoms with van der Waals surface area (Å²) in [7, 11) is 0. The topological polar surface area (TPSA) is 12.9 Å². The zero-order valence-corrected chi connectivity index (χ0v) is 14.9. The van der Waals surface area contributed by atoms with Crippen molar-refractivity contribution in [3.8, 4) is 11.1 Å². The van der Waals surface area contributed by atoms with Crippen LogP contribution in [0.15, 0.2) is 48.8 Å². The van der Waals surface area contributed by atoms with E-state index in [-0.39, 0.29) is 5.41 Å². The molecule has 1 heterocycles. The molecule has 22 heavy (non-hydrogen) atoms. The molecule has 1 aromatic carbocycles. The van der Waals surface area contributed by atoms with Crippen LogP contribution in [0.1, 0.15) is 59.4 Å². The van der Waals surface area contributed by atoms with Crippen molar-refractivity contribution in [1.29, 1.82) is 0 Å².